The van der Waals surface area contributed by atoms with Crippen LogP contribution in [0.2, 0.25) is 0 Å². The van der Waals surface area contributed by atoms with Gasteiger partial charge in [-0.05, 0) is 13.8 Å². The van der Waals surface area contributed by atoms with E-state index in [1.165, 1.54) is 19.5 Å². The molecule has 0 bridgehead atoms. The first-order valence-corrected chi connectivity index (χ1v) is 5.82. The number of hydrogen-bond donors (Lipinski definition) is 0. The molecule has 0 saturated carbocycles. The van der Waals surface area contributed by atoms with Crippen LogP contribution < -0.4 is 4.74 Å². The van der Waals surface area contributed by atoms with Gasteiger partial charge in [0.05, 0.1) is 31.2 Å². The summed E-state index contributed by atoms with van der Waals surface area (Å²) in [5.74, 6) is 0.235. The fourth-order valence-electron chi connectivity index (χ4n) is 1.49. The summed E-state index contributed by atoms with van der Waals surface area (Å²) in [6.07, 6.45) is 2.98. The molecule has 90 valence electrons. The fraction of sp³-hybridized carbons (Fsp3) is 0.400. The molecule has 6 nitrogen and oxygen atoms in total. The molecule has 0 aliphatic rings. The van der Waals surface area contributed by atoms with Gasteiger partial charge in [-0.1, -0.05) is 0 Å². The minimum Gasteiger partial charge on any atom is -0.493 e. The number of carbonyl (C=O) groups excluding carboxylic acids is 1. The van der Waals surface area contributed by atoms with Gasteiger partial charge in [-0.15, -0.1) is 0 Å². The van der Waals surface area contributed by atoms with Crippen molar-refractivity contribution in [1.29, 1.82) is 0 Å². The summed E-state index contributed by atoms with van der Waals surface area (Å²) in [7, 11) is 1.51. The van der Waals surface area contributed by atoms with E-state index in [0.29, 0.717) is 17.1 Å². The zero-order chi connectivity index (χ0) is 12.4. The van der Waals surface area contributed by atoms with Gasteiger partial charge in [0.15, 0.2) is 11.4 Å². The SMILES string of the molecule is COc1cnn(C(C)C)c1C(=O)c1cnsn1. The topological polar surface area (TPSA) is 69.9 Å². The Hall–Kier alpha value is -1.76. The highest BCUT2D eigenvalue weighted by Crippen LogP contribution is 2.23. The van der Waals surface area contributed by atoms with E-state index in [4.69, 9.17) is 4.74 Å². The Labute approximate surface area is 103 Å². The van der Waals surface area contributed by atoms with Crippen LogP contribution in [0, 0.1) is 0 Å². The predicted molar refractivity (Wildman–Crippen MR) is 62.5 cm³/mol. The van der Waals surface area contributed by atoms with Crippen molar-refractivity contribution in [3.05, 3.63) is 23.8 Å². The number of carbonyl (C=O) groups is 1. The Balaban J connectivity index is 2.49. The van der Waals surface area contributed by atoms with Gasteiger partial charge in [0.1, 0.15) is 5.69 Å². The second kappa shape index (κ2) is 4.62. The quantitative estimate of drug-likeness (QED) is 0.772. The van der Waals surface area contributed by atoms with Crippen molar-refractivity contribution < 1.29 is 9.53 Å². The molecule has 0 N–H and O–H groups in total. The normalized spacial score (nSPS) is 10.8. The molecule has 0 radical (unpaired) electrons. The van der Waals surface area contributed by atoms with Gasteiger partial charge in [-0.2, -0.15) is 13.8 Å². The lowest BCUT2D eigenvalue weighted by atomic mass is 10.2. The van der Waals surface area contributed by atoms with E-state index >= 15 is 0 Å². The van der Waals surface area contributed by atoms with Crippen molar-refractivity contribution in [3.63, 3.8) is 0 Å². The molecule has 0 aromatic carbocycles. The Bertz CT molecular complexity index is 518. The molecule has 0 spiro atoms. The van der Waals surface area contributed by atoms with Crippen molar-refractivity contribution in [1.82, 2.24) is 18.5 Å². The highest BCUT2D eigenvalue weighted by atomic mass is 32.1. The van der Waals surface area contributed by atoms with Crippen molar-refractivity contribution in [2.75, 3.05) is 7.11 Å². The van der Waals surface area contributed by atoms with Gasteiger partial charge in [0.25, 0.3) is 0 Å². The number of aromatic nitrogens is 4. The van der Waals surface area contributed by atoms with E-state index in [2.05, 4.69) is 13.8 Å². The first kappa shape index (κ1) is 11.7. The van der Waals surface area contributed by atoms with Crippen LogP contribution in [-0.2, 0) is 0 Å². The molecule has 0 saturated heterocycles. The average molecular weight is 252 g/mol. The molecule has 2 aromatic heterocycles. The molecule has 17 heavy (non-hydrogen) atoms. The minimum absolute atomic E-state index is 0.0736. The van der Waals surface area contributed by atoms with Crippen LogP contribution in [0.1, 0.15) is 36.1 Å². The highest BCUT2D eigenvalue weighted by molar-refractivity contribution is 6.99. The standard InChI is InChI=1S/C10H12N4O2S/c1-6(2)14-9(8(16-3)5-11-14)10(15)7-4-12-17-13-7/h4-6H,1-3H3. The Morgan fingerprint density at radius 2 is 2.24 bits per heavy atom. The maximum absolute atomic E-state index is 12.2. The van der Waals surface area contributed by atoms with Crippen LogP contribution in [0.3, 0.4) is 0 Å². The van der Waals surface area contributed by atoms with Crippen molar-refractivity contribution in [2.45, 2.75) is 19.9 Å². The second-order valence-corrected chi connectivity index (χ2v) is 4.28. The summed E-state index contributed by atoms with van der Waals surface area (Å²) < 4.78 is 14.5. The lowest BCUT2D eigenvalue weighted by Gasteiger charge is -2.09. The average Bonchev–Trinajstić information content (AvgIpc) is 2.96. The van der Waals surface area contributed by atoms with Crippen molar-refractivity contribution in [3.8, 4) is 5.75 Å². The lowest BCUT2D eigenvalue weighted by molar-refractivity contribution is 0.102. The van der Waals surface area contributed by atoms with Crippen LogP contribution in [0.15, 0.2) is 12.4 Å². The monoisotopic (exact) mass is 252 g/mol. The third-order valence-electron chi connectivity index (χ3n) is 2.28. The molecule has 0 atom stereocenters. The number of hydrogen-bond acceptors (Lipinski definition) is 6. The third-order valence-corrected chi connectivity index (χ3v) is 2.76. The Morgan fingerprint density at radius 1 is 1.47 bits per heavy atom. The van der Waals surface area contributed by atoms with E-state index in [0.717, 1.165) is 11.7 Å². The molecule has 2 rings (SSSR count). The summed E-state index contributed by atoms with van der Waals surface area (Å²) >= 11 is 1.00. The van der Waals surface area contributed by atoms with E-state index < -0.39 is 0 Å². The second-order valence-electron chi connectivity index (χ2n) is 3.72. The zero-order valence-corrected chi connectivity index (χ0v) is 10.6. The molecule has 7 heteroatoms. The number of methoxy groups -OCH3 is 1. The summed E-state index contributed by atoms with van der Waals surface area (Å²) in [4.78, 5) is 12.2. The molecule has 0 unspecified atom stereocenters. The molecular weight excluding hydrogens is 240 g/mol. The fourth-order valence-corrected chi connectivity index (χ4v) is 1.90. The number of ether oxygens (including phenoxy) is 1. The molecular formula is C10H12N4O2S. The molecule has 0 fully saturated rings. The number of nitrogens with zero attached hydrogens (tertiary/aromatic N) is 4. The van der Waals surface area contributed by atoms with Crippen LogP contribution in [0.25, 0.3) is 0 Å². The highest BCUT2D eigenvalue weighted by Gasteiger charge is 2.23. The molecule has 2 aromatic rings. The Morgan fingerprint density at radius 3 is 2.76 bits per heavy atom. The van der Waals surface area contributed by atoms with Crippen molar-refractivity contribution in [2.24, 2.45) is 0 Å². The summed E-state index contributed by atoms with van der Waals surface area (Å²) in [6.45, 7) is 3.89. The van der Waals surface area contributed by atoms with Gasteiger partial charge in [-0.25, -0.2) is 0 Å². The third kappa shape index (κ3) is 2.05. The van der Waals surface area contributed by atoms with Gasteiger partial charge in [0, 0.05) is 6.04 Å². The van der Waals surface area contributed by atoms with Crippen molar-refractivity contribution >= 4 is 17.5 Å². The van der Waals surface area contributed by atoms with Crippen LogP contribution in [0.4, 0.5) is 0 Å². The minimum atomic E-state index is -0.221. The summed E-state index contributed by atoms with van der Waals surface area (Å²) in [5, 5.41) is 4.14. The van der Waals surface area contributed by atoms with Crippen LogP contribution in [0.5, 0.6) is 5.75 Å². The van der Waals surface area contributed by atoms with Gasteiger partial charge < -0.3 is 4.74 Å². The van der Waals surface area contributed by atoms with E-state index in [-0.39, 0.29) is 11.8 Å². The van der Waals surface area contributed by atoms with E-state index in [1.54, 1.807) is 4.68 Å². The Kier molecular flexibility index (Phi) is 3.19. The van der Waals surface area contributed by atoms with Crippen LogP contribution in [-0.4, -0.2) is 31.4 Å². The maximum atomic E-state index is 12.2. The van der Waals surface area contributed by atoms with Crippen LogP contribution >= 0.6 is 11.7 Å². The van der Waals surface area contributed by atoms with Gasteiger partial charge in [0.2, 0.25) is 5.78 Å². The number of ketones is 1. The molecule has 0 amide bonds. The largest absolute Gasteiger partial charge is 0.493 e. The molecule has 0 aliphatic heterocycles. The van der Waals surface area contributed by atoms with E-state index in [1.807, 2.05) is 13.8 Å². The predicted octanol–water partition coefficient (Wildman–Crippen LogP) is 1.56. The smallest absolute Gasteiger partial charge is 0.235 e. The first-order valence-electron chi connectivity index (χ1n) is 5.09. The lowest BCUT2D eigenvalue weighted by Crippen LogP contribution is -2.14. The van der Waals surface area contributed by atoms with Gasteiger partial charge in [-0.3, -0.25) is 9.48 Å². The first-order chi connectivity index (χ1) is 8.15. The zero-order valence-electron chi connectivity index (χ0n) is 9.75. The number of rotatable bonds is 4. The molecule has 2 heterocycles. The summed E-state index contributed by atoms with van der Waals surface area (Å²) in [5.41, 5.74) is 0.728. The van der Waals surface area contributed by atoms with Gasteiger partial charge >= 0.3 is 0 Å². The molecule has 0 aliphatic carbocycles. The maximum Gasteiger partial charge on any atom is 0.235 e. The van der Waals surface area contributed by atoms with E-state index in [9.17, 15) is 4.79 Å². The summed E-state index contributed by atoms with van der Waals surface area (Å²) in [6, 6.07) is 0.0736.